The maximum absolute atomic E-state index is 11.5. The molecule has 0 saturated heterocycles. The Hall–Kier alpha value is -0.790. The molecule has 1 atom stereocenters. The van der Waals surface area contributed by atoms with Gasteiger partial charge in [0, 0.05) is 23.9 Å². The van der Waals surface area contributed by atoms with Gasteiger partial charge in [-0.3, -0.25) is 0 Å². The van der Waals surface area contributed by atoms with Crippen LogP contribution in [0.25, 0.3) is 0 Å². The van der Waals surface area contributed by atoms with Crippen LogP contribution in [-0.4, -0.2) is 31.2 Å². The first kappa shape index (κ1) is 12.7. The van der Waals surface area contributed by atoms with Crippen LogP contribution in [0.1, 0.15) is 29.3 Å². The molecular formula is C10H14N2O3S2. The Morgan fingerprint density at radius 3 is 2.88 bits per heavy atom. The van der Waals surface area contributed by atoms with Crippen LogP contribution in [0, 0.1) is 4.64 Å². The molecule has 5 nitrogen and oxygen atoms in total. The third kappa shape index (κ3) is 2.56. The lowest BCUT2D eigenvalue weighted by Crippen LogP contribution is -2.18. The van der Waals surface area contributed by atoms with Gasteiger partial charge in [0.15, 0.2) is 9.84 Å². The lowest BCUT2D eigenvalue weighted by atomic mass is 10.1. The molecule has 0 spiro atoms. The van der Waals surface area contributed by atoms with Crippen LogP contribution >= 0.6 is 12.2 Å². The molecule has 1 aromatic heterocycles. The van der Waals surface area contributed by atoms with Crippen molar-refractivity contribution in [2.45, 2.75) is 25.2 Å². The summed E-state index contributed by atoms with van der Waals surface area (Å²) < 4.78 is 28.7. The van der Waals surface area contributed by atoms with Crippen LogP contribution < -0.4 is 0 Å². The predicted molar refractivity (Wildman–Crippen MR) is 66.0 cm³/mol. The molecule has 1 aliphatic heterocycles. The monoisotopic (exact) mass is 274 g/mol. The molecule has 0 bridgehead atoms. The van der Waals surface area contributed by atoms with Crippen LogP contribution in [0.2, 0.25) is 0 Å². The molecule has 94 valence electrons. The molecule has 1 aromatic rings. The number of aromatic amines is 1. The highest BCUT2D eigenvalue weighted by Crippen LogP contribution is 2.21. The number of rotatable bonds is 2. The van der Waals surface area contributed by atoms with Crippen LogP contribution in [-0.2, 0) is 27.6 Å². The smallest absolute Gasteiger partial charge is 0.157 e. The molecular weight excluding hydrogens is 260 g/mol. The van der Waals surface area contributed by atoms with Gasteiger partial charge in [-0.25, -0.2) is 13.4 Å². The third-order valence-electron chi connectivity index (χ3n) is 2.89. The summed E-state index contributed by atoms with van der Waals surface area (Å²) in [6, 6.07) is 0. The number of fused-ring (bicyclic) bond motifs is 1. The molecule has 1 unspecified atom stereocenters. The van der Waals surface area contributed by atoms with Crippen molar-refractivity contribution in [1.82, 2.24) is 9.97 Å². The molecule has 0 aromatic carbocycles. The maximum Gasteiger partial charge on any atom is 0.157 e. The minimum absolute atomic E-state index is 0.415. The summed E-state index contributed by atoms with van der Waals surface area (Å²) in [5, 5.41) is -0.669. The van der Waals surface area contributed by atoms with Gasteiger partial charge in [0.1, 0.15) is 15.7 Å². The highest BCUT2D eigenvalue weighted by atomic mass is 32.2. The molecule has 0 radical (unpaired) electrons. The first-order valence-corrected chi connectivity index (χ1v) is 7.64. The van der Waals surface area contributed by atoms with Crippen LogP contribution in [0.3, 0.4) is 0 Å². The van der Waals surface area contributed by atoms with Crippen molar-refractivity contribution in [3.05, 3.63) is 21.7 Å². The molecule has 0 aliphatic carbocycles. The first-order valence-electron chi connectivity index (χ1n) is 5.28. The lowest BCUT2D eigenvalue weighted by Gasteiger charge is -2.18. The van der Waals surface area contributed by atoms with Crippen LogP contribution in [0.4, 0.5) is 0 Å². The number of aromatic nitrogens is 2. The number of hydrogen-bond acceptors (Lipinski definition) is 5. The maximum atomic E-state index is 11.5. The average molecular weight is 274 g/mol. The number of sulfone groups is 1. The van der Waals surface area contributed by atoms with Crippen molar-refractivity contribution < 1.29 is 13.2 Å². The predicted octanol–water partition coefficient (Wildman–Crippen LogP) is 1.32. The van der Waals surface area contributed by atoms with Gasteiger partial charge in [-0.1, -0.05) is 12.2 Å². The van der Waals surface area contributed by atoms with E-state index in [0.717, 1.165) is 11.3 Å². The quantitative estimate of drug-likeness (QED) is 0.823. The van der Waals surface area contributed by atoms with E-state index >= 15 is 0 Å². The van der Waals surface area contributed by atoms with E-state index in [4.69, 9.17) is 17.0 Å². The van der Waals surface area contributed by atoms with Crippen molar-refractivity contribution in [3.8, 4) is 0 Å². The summed E-state index contributed by atoms with van der Waals surface area (Å²) in [5.41, 5.74) is 1.82. The molecule has 7 heteroatoms. The molecule has 0 saturated carbocycles. The van der Waals surface area contributed by atoms with E-state index in [-0.39, 0.29) is 0 Å². The van der Waals surface area contributed by atoms with Gasteiger partial charge >= 0.3 is 0 Å². The van der Waals surface area contributed by atoms with Gasteiger partial charge in [-0.05, 0) is 6.92 Å². The van der Waals surface area contributed by atoms with Crippen molar-refractivity contribution in [1.29, 1.82) is 0 Å². The fourth-order valence-electron chi connectivity index (χ4n) is 1.67. The summed E-state index contributed by atoms with van der Waals surface area (Å²) >= 11 is 5.16. The standard InChI is InChI=1S/C10H14N2O3S2/c1-6(17(2,13)14)9-11-8-3-4-15-5-7(8)10(16)12-9/h6H,3-5H2,1-2H3,(H,11,12,16). The Labute approximate surface area is 105 Å². The number of H-pyrrole nitrogens is 1. The lowest BCUT2D eigenvalue weighted by molar-refractivity contribution is 0.108. The summed E-state index contributed by atoms with van der Waals surface area (Å²) in [5.74, 6) is 0.415. The topological polar surface area (TPSA) is 72.0 Å². The Morgan fingerprint density at radius 1 is 1.53 bits per heavy atom. The highest BCUT2D eigenvalue weighted by Gasteiger charge is 2.22. The molecule has 1 aliphatic rings. The van der Waals surface area contributed by atoms with E-state index in [1.165, 1.54) is 6.26 Å². The minimum Gasteiger partial charge on any atom is -0.376 e. The van der Waals surface area contributed by atoms with Crippen LogP contribution in [0.15, 0.2) is 0 Å². The summed E-state index contributed by atoms with van der Waals surface area (Å²) in [4.78, 5) is 7.23. The molecule has 1 N–H and O–H groups in total. The molecule has 2 rings (SSSR count). The van der Waals surface area contributed by atoms with E-state index < -0.39 is 15.1 Å². The number of nitrogens with zero attached hydrogens (tertiary/aromatic N) is 1. The normalized spacial score (nSPS) is 17.5. The number of ether oxygens (including phenoxy) is 1. The van der Waals surface area contributed by atoms with E-state index in [0.29, 0.717) is 30.1 Å². The fraction of sp³-hybridized carbons (Fsp3) is 0.600. The number of nitrogens with one attached hydrogen (secondary N) is 1. The summed E-state index contributed by atoms with van der Waals surface area (Å²) in [6.45, 7) is 2.68. The highest BCUT2D eigenvalue weighted by molar-refractivity contribution is 7.90. The Morgan fingerprint density at radius 2 is 2.24 bits per heavy atom. The fourth-order valence-corrected chi connectivity index (χ4v) is 2.47. The van der Waals surface area contributed by atoms with Gasteiger partial charge in [0.05, 0.1) is 13.2 Å². The van der Waals surface area contributed by atoms with Gasteiger partial charge in [-0.15, -0.1) is 0 Å². The minimum atomic E-state index is -3.17. The first-order chi connectivity index (χ1) is 7.89. The van der Waals surface area contributed by atoms with Crippen molar-refractivity contribution in [2.24, 2.45) is 0 Å². The molecule has 2 heterocycles. The van der Waals surface area contributed by atoms with E-state index in [1.54, 1.807) is 6.92 Å². The van der Waals surface area contributed by atoms with Gasteiger partial charge < -0.3 is 9.72 Å². The van der Waals surface area contributed by atoms with Crippen LogP contribution in [0.5, 0.6) is 0 Å². The van der Waals surface area contributed by atoms with Crippen molar-refractivity contribution in [2.75, 3.05) is 12.9 Å². The zero-order valence-corrected chi connectivity index (χ0v) is 11.3. The van der Waals surface area contributed by atoms with E-state index in [2.05, 4.69) is 9.97 Å². The van der Waals surface area contributed by atoms with E-state index in [9.17, 15) is 8.42 Å². The second-order valence-corrected chi connectivity index (χ2v) is 6.91. The molecule has 0 fully saturated rings. The summed E-state index contributed by atoms with van der Waals surface area (Å²) in [7, 11) is -3.17. The SMILES string of the molecule is CC(c1nc(=S)c2c([nH]1)CCOC2)S(C)(=O)=O. The molecule has 17 heavy (non-hydrogen) atoms. The average Bonchev–Trinajstić information content (AvgIpc) is 2.27. The zero-order valence-electron chi connectivity index (χ0n) is 9.69. The zero-order chi connectivity index (χ0) is 12.6. The van der Waals surface area contributed by atoms with Gasteiger partial charge in [0.2, 0.25) is 0 Å². The van der Waals surface area contributed by atoms with Gasteiger partial charge in [-0.2, -0.15) is 0 Å². The Balaban J connectivity index is 2.52. The second kappa shape index (κ2) is 4.47. The van der Waals surface area contributed by atoms with Gasteiger partial charge in [0.25, 0.3) is 0 Å². The van der Waals surface area contributed by atoms with Crippen molar-refractivity contribution >= 4 is 22.1 Å². The number of hydrogen-bond donors (Lipinski definition) is 1. The Bertz CT molecular complexity index is 592. The summed E-state index contributed by atoms with van der Waals surface area (Å²) in [6.07, 6.45) is 1.91. The Kier molecular flexibility index (Phi) is 3.33. The van der Waals surface area contributed by atoms with E-state index in [1.807, 2.05) is 0 Å². The van der Waals surface area contributed by atoms with Crippen molar-refractivity contribution in [3.63, 3.8) is 0 Å². The largest absolute Gasteiger partial charge is 0.376 e. The molecule has 0 amide bonds. The third-order valence-corrected chi connectivity index (χ3v) is 4.74. The second-order valence-electron chi connectivity index (χ2n) is 4.16.